The van der Waals surface area contributed by atoms with Gasteiger partial charge in [0.25, 0.3) is 0 Å². The van der Waals surface area contributed by atoms with Crippen LogP contribution in [0.15, 0.2) is 12.4 Å². The molecule has 0 amide bonds. The first kappa shape index (κ1) is 13.2. The largest absolute Gasteiger partial charge is 0.394 e. The van der Waals surface area contributed by atoms with Crippen LogP contribution in [-0.2, 0) is 11.3 Å². The molecule has 0 aliphatic carbocycles. The van der Waals surface area contributed by atoms with E-state index in [1.54, 1.807) is 0 Å². The fourth-order valence-corrected chi connectivity index (χ4v) is 1.41. The van der Waals surface area contributed by atoms with Gasteiger partial charge < -0.3 is 15.2 Å². The average molecular weight is 227 g/mol. The van der Waals surface area contributed by atoms with E-state index in [0.29, 0.717) is 13.2 Å². The molecule has 0 saturated carbocycles. The lowest BCUT2D eigenvalue weighted by Gasteiger charge is -2.11. The van der Waals surface area contributed by atoms with Crippen LogP contribution in [-0.4, -0.2) is 41.3 Å². The predicted molar refractivity (Wildman–Crippen MR) is 62.2 cm³/mol. The average Bonchev–Trinajstić information content (AvgIpc) is 2.77. The summed E-state index contributed by atoms with van der Waals surface area (Å²) >= 11 is 0. The zero-order valence-corrected chi connectivity index (χ0v) is 10.0. The van der Waals surface area contributed by atoms with Crippen LogP contribution in [0.1, 0.15) is 25.5 Å². The number of rotatable bonds is 8. The zero-order valence-electron chi connectivity index (χ0n) is 10.0. The maximum Gasteiger partial charge on any atom is 0.0698 e. The molecule has 0 bridgehead atoms. The lowest BCUT2D eigenvalue weighted by Crippen LogP contribution is -2.23. The second-order valence-corrected chi connectivity index (χ2v) is 3.64. The fourth-order valence-electron chi connectivity index (χ4n) is 1.41. The second kappa shape index (κ2) is 7.38. The standard InChI is InChI=1S/C11H21N3O2/c1-3-14-9-11(8-13-14)10(2)12-4-6-16-7-5-15/h8-10,12,15H,3-7H2,1-2H3. The van der Waals surface area contributed by atoms with Crippen molar-refractivity contribution in [3.63, 3.8) is 0 Å². The van der Waals surface area contributed by atoms with Crippen LogP contribution in [0.25, 0.3) is 0 Å². The molecule has 0 aliphatic rings. The molecular formula is C11H21N3O2. The van der Waals surface area contributed by atoms with Gasteiger partial charge in [0.2, 0.25) is 0 Å². The van der Waals surface area contributed by atoms with Crippen LogP contribution < -0.4 is 5.32 Å². The number of hydrogen-bond acceptors (Lipinski definition) is 4. The number of hydrogen-bond donors (Lipinski definition) is 2. The Morgan fingerprint density at radius 2 is 2.38 bits per heavy atom. The van der Waals surface area contributed by atoms with Gasteiger partial charge in [-0.1, -0.05) is 0 Å². The van der Waals surface area contributed by atoms with Crippen LogP contribution in [0.4, 0.5) is 0 Å². The molecule has 92 valence electrons. The monoisotopic (exact) mass is 227 g/mol. The van der Waals surface area contributed by atoms with Crippen molar-refractivity contribution in [2.24, 2.45) is 0 Å². The molecule has 1 unspecified atom stereocenters. The molecule has 1 atom stereocenters. The molecule has 16 heavy (non-hydrogen) atoms. The summed E-state index contributed by atoms with van der Waals surface area (Å²) in [6, 6.07) is 0.276. The molecule has 1 aromatic heterocycles. The molecular weight excluding hydrogens is 206 g/mol. The van der Waals surface area contributed by atoms with Gasteiger partial charge in [-0.3, -0.25) is 4.68 Å². The maximum atomic E-state index is 8.53. The van der Waals surface area contributed by atoms with E-state index < -0.39 is 0 Å². The Morgan fingerprint density at radius 3 is 3.00 bits per heavy atom. The van der Waals surface area contributed by atoms with Crippen LogP contribution in [0.3, 0.4) is 0 Å². The first-order valence-corrected chi connectivity index (χ1v) is 5.72. The molecule has 0 aliphatic heterocycles. The van der Waals surface area contributed by atoms with Gasteiger partial charge in [-0.05, 0) is 13.8 Å². The van der Waals surface area contributed by atoms with E-state index in [2.05, 4.69) is 24.3 Å². The van der Waals surface area contributed by atoms with Gasteiger partial charge in [-0.15, -0.1) is 0 Å². The number of aryl methyl sites for hydroxylation is 1. The van der Waals surface area contributed by atoms with Gasteiger partial charge in [0.05, 0.1) is 26.0 Å². The normalized spacial score (nSPS) is 12.9. The summed E-state index contributed by atoms with van der Waals surface area (Å²) in [5.41, 5.74) is 1.18. The molecule has 5 heteroatoms. The highest BCUT2D eigenvalue weighted by Gasteiger charge is 2.06. The van der Waals surface area contributed by atoms with Gasteiger partial charge in [0.15, 0.2) is 0 Å². The SMILES string of the molecule is CCn1cc(C(C)NCCOCCO)cn1. The van der Waals surface area contributed by atoms with Crippen molar-refractivity contribution in [1.82, 2.24) is 15.1 Å². The van der Waals surface area contributed by atoms with E-state index in [1.165, 1.54) is 5.56 Å². The van der Waals surface area contributed by atoms with E-state index in [1.807, 2.05) is 17.1 Å². The molecule has 0 saturated heterocycles. The second-order valence-electron chi connectivity index (χ2n) is 3.64. The van der Waals surface area contributed by atoms with Crippen molar-refractivity contribution in [1.29, 1.82) is 0 Å². The molecule has 5 nitrogen and oxygen atoms in total. The van der Waals surface area contributed by atoms with Gasteiger partial charge >= 0.3 is 0 Å². The van der Waals surface area contributed by atoms with Crippen molar-refractivity contribution in [2.45, 2.75) is 26.4 Å². The maximum absolute atomic E-state index is 8.53. The molecule has 0 radical (unpaired) electrons. The van der Waals surface area contributed by atoms with Crippen molar-refractivity contribution in [3.05, 3.63) is 18.0 Å². The minimum absolute atomic E-state index is 0.0822. The van der Waals surface area contributed by atoms with Crippen molar-refractivity contribution < 1.29 is 9.84 Å². The summed E-state index contributed by atoms with van der Waals surface area (Å²) in [5.74, 6) is 0. The fraction of sp³-hybridized carbons (Fsp3) is 0.727. The summed E-state index contributed by atoms with van der Waals surface area (Å²) in [7, 11) is 0. The van der Waals surface area contributed by atoms with Gasteiger partial charge in [-0.25, -0.2) is 0 Å². The third kappa shape index (κ3) is 4.30. The summed E-state index contributed by atoms with van der Waals surface area (Å²) in [6.45, 7) is 6.95. The molecule has 1 rings (SSSR count). The van der Waals surface area contributed by atoms with Crippen molar-refractivity contribution in [2.75, 3.05) is 26.4 Å². The quantitative estimate of drug-likeness (QED) is 0.637. The predicted octanol–water partition coefficient (Wildman–Crippen LogP) is 0.562. The first-order chi connectivity index (χ1) is 7.77. The highest BCUT2D eigenvalue weighted by atomic mass is 16.5. The Balaban J connectivity index is 2.21. The third-order valence-electron chi connectivity index (χ3n) is 2.41. The van der Waals surface area contributed by atoms with E-state index in [-0.39, 0.29) is 12.6 Å². The summed E-state index contributed by atoms with van der Waals surface area (Å²) in [4.78, 5) is 0. The number of ether oxygens (including phenoxy) is 1. The number of nitrogens with one attached hydrogen (secondary N) is 1. The summed E-state index contributed by atoms with van der Waals surface area (Å²) < 4.78 is 7.07. The lowest BCUT2D eigenvalue weighted by atomic mass is 10.2. The van der Waals surface area contributed by atoms with E-state index in [9.17, 15) is 0 Å². The van der Waals surface area contributed by atoms with Crippen LogP contribution in [0.5, 0.6) is 0 Å². The van der Waals surface area contributed by atoms with Crippen molar-refractivity contribution in [3.8, 4) is 0 Å². The van der Waals surface area contributed by atoms with Crippen LogP contribution in [0, 0.1) is 0 Å². The minimum atomic E-state index is 0.0822. The summed E-state index contributed by atoms with van der Waals surface area (Å²) in [5, 5.41) is 16.1. The Hall–Kier alpha value is -0.910. The van der Waals surface area contributed by atoms with Gasteiger partial charge in [-0.2, -0.15) is 5.10 Å². The highest BCUT2D eigenvalue weighted by Crippen LogP contribution is 2.09. The molecule has 1 heterocycles. The van der Waals surface area contributed by atoms with Crippen molar-refractivity contribution >= 4 is 0 Å². The van der Waals surface area contributed by atoms with Crippen LogP contribution in [0.2, 0.25) is 0 Å². The number of aliphatic hydroxyl groups excluding tert-OH is 1. The van der Waals surface area contributed by atoms with E-state index >= 15 is 0 Å². The highest BCUT2D eigenvalue weighted by molar-refractivity contribution is 5.08. The van der Waals surface area contributed by atoms with Crippen LogP contribution >= 0.6 is 0 Å². The topological polar surface area (TPSA) is 59.3 Å². The lowest BCUT2D eigenvalue weighted by molar-refractivity contribution is 0.0928. The van der Waals surface area contributed by atoms with E-state index in [4.69, 9.17) is 9.84 Å². The minimum Gasteiger partial charge on any atom is -0.394 e. The Labute approximate surface area is 96.4 Å². The molecule has 1 aromatic rings. The molecule has 0 spiro atoms. The molecule has 0 aromatic carbocycles. The Morgan fingerprint density at radius 1 is 1.56 bits per heavy atom. The third-order valence-corrected chi connectivity index (χ3v) is 2.41. The number of aliphatic hydroxyl groups is 1. The first-order valence-electron chi connectivity index (χ1n) is 5.72. The van der Waals surface area contributed by atoms with Gasteiger partial charge in [0, 0.05) is 30.9 Å². The number of nitrogens with zero attached hydrogens (tertiary/aromatic N) is 2. The van der Waals surface area contributed by atoms with E-state index in [0.717, 1.165) is 13.1 Å². The van der Waals surface area contributed by atoms with Gasteiger partial charge in [0.1, 0.15) is 0 Å². The summed E-state index contributed by atoms with van der Waals surface area (Å²) in [6.07, 6.45) is 3.93. The Kier molecular flexibility index (Phi) is 6.07. The zero-order chi connectivity index (χ0) is 11.8. The number of aromatic nitrogens is 2. The smallest absolute Gasteiger partial charge is 0.0698 e. The molecule has 2 N–H and O–H groups in total. The Bertz CT molecular complexity index is 289. The molecule has 0 fully saturated rings.